The Labute approximate surface area is 51.9 Å². The number of alkyl halides is 1. The summed E-state index contributed by atoms with van der Waals surface area (Å²) in [5, 5.41) is 8.61. The number of aliphatic hydroxyl groups is 1. The summed E-state index contributed by atoms with van der Waals surface area (Å²) in [6, 6.07) is 0. The van der Waals surface area contributed by atoms with Crippen molar-refractivity contribution in [2.75, 3.05) is 6.61 Å². The minimum Gasteiger partial charge on any atom is -0.396 e. The molecule has 0 bridgehead atoms. The average Bonchev–Trinajstić information content (AvgIpc) is 2.18. The summed E-state index contributed by atoms with van der Waals surface area (Å²) in [5.74, 6) is 0. The smallest absolute Gasteiger partial charge is 0.0495 e. The minimum atomic E-state index is 0.222. The first-order valence-corrected chi connectivity index (χ1v) is 3.35. The second-order valence-corrected chi connectivity index (χ2v) is 3.59. The molecule has 0 heterocycles. The number of hydrogen-bond acceptors (Lipinski definition) is 1. The number of halogens is 1. The maximum absolute atomic E-state index is 8.61. The Hall–Kier alpha value is 0.440. The lowest BCUT2D eigenvalue weighted by Crippen LogP contribution is -2.02. The van der Waals surface area contributed by atoms with Gasteiger partial charge in [0.15, 0.2) is 0 Å². The summed E-state index contributed by atoms with van der Waals surface area (Å²) in [5.41, 5.74) is 0.222. The van der Waals surface area contributed by atoms with Crippen LogP contribution in [-0.4, -0.2) is 16.5 Å². The van der Waals surface area contributed by atoms with Crippen LogP contribution in [0.5, 0.6) is 0 Å². The summed E-state index contributed by atoms with van der Waals surface area (Å²) in [6.45, 7) is 2.40. The third-order valence-corrected chi connectivity index (χ3v) is 3.03. The second kappa shape index (κ2) is 1.46. The maximum Gasteiger partial charge on any atom is 0.0495 e. The quantitative estimate of drug-likeness (QED) is 0.578. The van der Waals surface area contributed by atoms with Gasteiger partial charge in [0.05, 0.1) is 0 Å². The van der Waals surface area contributed by atoms with Crippen LogP contribution in [0.15, 0.2) is 0 Å². The number of hydrogen-bond donors (Lipinski definition) is 1. The highest BCUT2D eigenvalue weighted by molar-refractivity contribution is 9.09. The molecule has 0 aromatic rings. The van der Waals surface area contributed by atoms with Crippen LogP contribution in [-0.2, 0) is 0 Å². The Kier molecular flexibility index (Phi) is 1.16. The van der Waals surface area contributed by atoms with Gasteiger partial charge in [-0.1, -0.05) is 22.9 Å². The van der Waals surface area contributed by atoms with Crippen molar-refractivity contribution in [3.8, 4) is 0 Å². The molecule has 2 atom stereocenters. The van der Waals surface area contributed by atoms with E-state index in [0.717, 1.165) is 6.42 Å². The average molecular weight is 165 g/mol. The van der Waals surface area contributed by atoms with Crippen molar-refractivity contribution in [1.29, 1.82) is 0 Å². The molecule has 2 heteroatoms. The van der Waals surface area contributed by atoms with Gasteiger partial charge < -0.3 is 5.11 Å². The van der Waals surface area contributed by atoms with Gasteiger partial charge in [0.25, 0.3) is 0 Å². The Morgan fingerprint density at radius 2 is 2.43 bits per heavy atom. The van der Waals surface area contributed by atoms with E-state index < -0.39 is 0 Å². The normalized spacial score (nSPS) is 49.3. The van der Waals surface area contributed by atoms with Crippen molar-refractivity contribution in [2.45, 2.75) is 18.2 Å². The standard InChI is InChI=1S/C5H9BrO/c1-5(3-7)2-4(5)6/h4,7H,2-3H2,1H3. The topological polar surface area (TPSA) is 20.2 Å². The van der Waals surface area contributed by atoms with Crippen molar-refractivity contribution in [2.24, 2.45) is 5.41 Å². The monoisotopic (exact) mass is 164 g/mol. The lowest BCUT2D eigenvalue weighted by Gasteiger charge is -1.98. The SMILES string of the molecule is CC1(CO)CC1Br. The zero-order valence-electron chi connectivity index (χ0n) is 4.32. The van der Waals surface area contributed by atoms with Gasteiger partial charge in [-0.05, 0) is 6.42 Å². The predicted molar refractivity (Wildman–Crippen MR) is 32.5 cm³/mol. The Bertz CT molecular complexity index is 80.1. The van der Waals surface area contributed by atoms with Crippen molar-refractivity contribution in [3.05, 3.63) is 0 Å². The van der Waals surface area contributed by atoms with Crippen LogP contribution in [0.3, 0.4) is 0 Å². The summed E-state index contributed by atoms with van der Waals surface area (Å²) < 4.78 is 0. The summed E-state index contributed by atoms with van der Waals surface area (Å²) >= 11 is 3.40. The van der Waals surface area contributed by atoms with E-state index in [-0.39, 0.29) is 5.41 Å². The van der Waals surface area contributed by atoms with Crippen molar-refractivity contribution in [1.82, 2.24) is 0 Å². The van der Waals surface area contributed by atoms with E-state index in [1.165, 1.54) is 0 Å². The molecule has 0 aromatic carbocycles. The van der Waals surface area contributed by atoms with Crippen LogP contribution < -0.4 is 0 Å². The largest absolute Gasteiger partial charge is 0.396 e. The predicted octanol–water partition coefficient (Wildman–Crippen LogP) is 1.15. The van der Waals surface area contributed by atoms with E-state index >= 15 is 0 Å². The molecule has 0 aromatic heterocycles. The van der Waals surface area contributed by atoms with Gasteiger partial charge in [0, 0.05) is 16.8 Å². The molecule has 1 rings (SSSR count). The fraction of sp³-hybridized carbons (Fsp3) is 1.00. The van der Waals surface area contributed by atoms with Gasteiger partial charge in [0.1, 0.15) is 0 Å². The first-order chi connectivity index (χ1) is 3.19. The molecular weight excluding hydrogens is 156 g/mol. The molecule has 0 spiro atoms. The molecule has 7 heavy (non-hydrogen) atoms. The Balaban J connectivity index is 2.36. The maximum atomic E-state index is 8.61. The molecule has 0 amide bonds. The molecule has 0 aliphatic heterocycles. The van der Waals surface area contributed by atoms with Crippen LogP contribution in [0.4, 0.5) is 0 Å². The molecule has 42 valence electrons. The molecular formula is C5H9BrO. The molecule has 1 aliphatic rings. The lowest BCUT2D eigenvalue weighted by atomic mass is 10.2. The third kappa shape index (κ3) is 0.820. The van der Waals surface area contributed by atoms with Crippen molar-refractivity contribution in [3.63, 3.8) is 0 Å². The van der Waals surface area contributed by atoms with Gasteiger partial charge in [0.2, 0.25) is 0 Å². The van der Waals surface area contributed by atoms with E-state index in [1.54, 1.807) is 0 Å². The van der Waals surface area contributed by atoms with Crippen LogP contribution >= 0.6 is 15.9 Å². The van der Waals surface area contributed by atoms with Gasteiger partial charge in [-0.3, -0.25) is 0 Å². The van der Waals surface area contributed by atoms with Crippen LogP contribution in [0.2, 0.25) is 0 Å². The van der Waals surface area contributed by atoms with Crippen molar-refractivity contribution < 1.29 is 5.11 Å². The van der Waals surface area contributed by atoms with Crippen LogP contribution in [0, 0.1) is 5.41 Å². The molecule has 1 aliphatic carbocycles. The van der Waals surface area contributed by atoms with Gasteiger partial charge >= 0.3 is 0 Å². The van der Waals surface area contributed by atoms with Crippen LogP contribution in [0.1, 0.15) is 13.3 Å². The number of aliphatic hydroxyl groups excluding tert-OH is 1. The zero-order chi connectivity index (χ0) is 5.49. The third-order valence-electron chi connectivity index (χ3n) is 1.60. The first-order valence-electron chi connectivity index (χ1n) is 2.44. The summed E-state index contributed by atoms with van der Waals surface area (Å²) in [6.07, 6.45) is 1.13. The minimum absolute atomic E-state index is 0.222. The van der Waals surface area contributed by atoms with Gasteiger partial charge in [-0.25, -0.2) is 0 Å². The number of rotatable bonds is 1. The fourth-order valence-electron chi connectivity index (χ4n) is 0.514. The molecule has 0 radical (unpaired) electrons. The molecule has 1 saturated carbocycles. The molecule has 1 nitrogen and oxygen atoms in total. The highest BCUT2D eigenvalue weighted by Crippen LogP contribution is 2.50. The van der Waals surface area contributed by atoms with Crippen LogP contribution in [0.25, 0.3) is 0 Å². The Morgan fingerprint density at radius 1 is 2.00 bits per heavy atom. The fourth-order valence-corrected chi connectivity index (χ4v) is 1.40. The first kappa shape index (κ1) is 5.57. The second-order valence-electron chi connectivity index (χ2n) is 2.48. The van der Waals surface area contributed by atoms with E-state index in [2.05, 4.69) is 22.9 Å². The molecule has 2 unspecified atom stereocenters. The van der Waals surface area contributed by atoms with Crippen molar-refractivity contribution >= 4 is 15.9 Å². The lowest BCUT2D eigenvalue weighted by molar-refractivity contribution is 0.226. The van der Waals surface area contributed by atoms with E-state index in [9.17, 15) is 0 Å². The Morgan fingerprint density at radius 3 is 2.43 bits per heavy atom. The molecule has 1 fully saturated rings. The highest BCUT2D eigenvalue weighted by atomic mass is 79.9. The summed E-state index contributed by atoms with van der Waals surface area (Å²) in [7, 11) is 0. The highest BCUT2D eigenvalue weighted by Gasteiger charge is 2.47. The zero-order valence-corrected chi connectivity index (χ0v) is 5.90. The van der Waals surface area contributed by atoms with E-state index in [4.69, 9.17) is 5.11 Å². The van der Waals surface area contributed by atoms with E-state index in [0.29, 0.717) is 11.4 Å². The summed E-state index contributed by atoms with van der Waals surface area (Å²) in [4.78, 5) is 0.574. The van der Waals surface area contributed by atoms with Gasteiger partial charge in [-0.2, -0.15) is 0 Å². The molecule has 0 saturated heterocycles. The van der Waals surface area contributed by atoms with E-state index in [1.807, 2.05) is 0 Å². The molecule has 1 N–H and O–H groups in total. The van der Waals surface area contributed by atoms with Gasteiger partial charge in [-0.15, -0.1) is 0 Å².